The zero-order chi connectivity index (χ0) is 17.9. The normalized spacial score (nSPS) is 12.1. The van der Waals surface area contributed by atoms with E-state index < -0.39 is 10.1 Å². The van der Waals surface area contributed by atoms with Crippen LogP contribution in [0.25, 0.3) is 10.2 Å². The van der Waals surface area contributed by atoms with Gasteiger partial charge in [-0.25, -0.2) is 0 Å². The number of nitrogens with one attached hydrogen (secondary N) is 1. The van der Waals surface area contributed by atoms with Crippen LogP contribution in [0.2, 0.25) is 0 Å². The van der Waals surface area contributed by atoms with E-state index in [1.807, 2.05) is 12.1 Å². The van der Waals surface area contributed by atoms with Gasteiger partial charge in [-0.3, -0.25) is 9.98 Å². The van der Waals surface area contributed by atoms with Crippen molar-refractivity contribution in [2.75, 3.05) is 5.43 Å². The standard InChI is InChI=1S/C17H17N3O3S2/c1-13-20(16-5-2-3-6-17(16)24-13)12-4-11-18-19-14-7-9-15(10-8-14)25(21,22)23/h2-3,5-11,19H,4,12H2,1H3/p+1/b18-11+. The SMILES string of the molecule is Cc1sc2ccccc2[n+]1CC/C=N/Nc1ccc(S(=O)(=O)O)cc1. The third-order valence-corrected chi connectivity index (χ3v) is 5.66. The van der Waals surface area contributed by atoms with E-state index in [-0.39, 0.29) is 4.90 Å². The molecular formula is C17H18N3O3S2+. The van der Waals surface area contributed by atoms with E-state index in [2.05, 4.69) is 34.2 Å². The molecule has 0 saturated carbocycles. The van der Waals surface area contributed by atoms with Gasteiger partial charge in [-0.05, 0) is 30.3 Å². The van der Waals surface area contributed by atoms with Crippen LogP contribution in [0.1, 0.15) is 11.4 Å². The molecule has 6 nitrogen and oxygen atoms in total. The highest BCUT2D eigenvalue weighted by molar-refractivity contribution is 7.85. The molecule has 0 radical (unpaired) electrons. The van der Waals surface area contributed by atoms with Gasteiger partial charge in [0.15, 0.2) is 6.54 Å². The quantitative estimate of drug-likeness (QED) is 0.299. The molecule has 1 heterocycles. The Kier molecular flexibility index (Phi) is 5.12. The summed E-state index contributed by atoms with van der Waals surface area (Å²) in [5.74, 6) is 0. The van der Waals surface area contributed by atoms with Crippen LogP contribution in [0.3, 0.4) is 0 Å². The monoisotopic (exact) mass is 376 g/mol. The molecule has 25 heavy (non-hydrogen) atoms. The Morgan fingerprint density at radius 3 is 2.64 bits per heavy atom. The fourth-order valence-electron chi connectivity index (χ4n) is 2.50. The van der Waals surface area contributed by atoms with E-state index >= 15 is 0 Å². The molecule has 0 unspecified atom stereocenters. The second-order valence-corrected chi connectivity index (χ2v) is 8.11. The summed E-state index contributed by atoms with van der Waals surface area (Å²) in [5.41, 5.74) is 4.72. The van der Waals surface area contributed by atoms with Crippen molar-refractivity contribution in [2.24, 2.45) is 5.10 Å². The molecule has 3 aromatic rings. The molecule has 130 valence electrons. The third-order valence-electron chi connectivity index (χ3n) is 3.71. The van der Waals surface area contributed by atoms with Gasteiger partial charge in [0.1, 0.15) is 4.70 Å². The van der Waals surface area contributed by atoms with Gasteiger partial charge in [-0.15, -0.1) is 0 Å². The molecule has 2 aromatic carbocycles. The second kappa shape index (κ2) is 7.30. The molecular weight excluding hydrogens is 358 g/mol. The third kappa shape index (κ3) is 4.22. The average molecular weight is 376 g/mol. The molecule has 0 aliphatic heterocycles. The van der Waals surface area contributed by atoms with Crippen LogP contribution < -0.4 is 9.99 Å². The van der Waals surface area contributed by atoms with Crippen LogP contribution in [0.4, 0.5) is 5.69 Å². The lowest BCUT2D eigenvalue weighted by molar-refractivity contribution is -0.671. The number of benzene rings is 2. The predicted octanol–water partition coefficient (Wildman–Crippen LogP) is 3.23. The molecule has 0 saturated heterocycles. The molecule has 0 bridgehead atoms. The van der Waals surface area contributed by atoms with Crippen molar-refractivity contribution in [3.05, 3.63) is 53.5 Å². The van der Waals surface area contributed by atoms with E-state index in [9.17, 15) is 8.42 Å². The van der Waals surface area contributed by atoms with Crippen LogP contribution in [0, 0.1) is 6.92 Å². The smallest absolute Gasteiger partial charge is 0.282 e. The molecule has 0 spiro atoms. The number of aromatic nitrogens is 1. The van der Waals surface area contributed by atoms with Crippen LogP contribution >= 0.6 is 11.3 Å². The molecule has 0 atom stereocenters. The van der Waals surface area contributed by atoms with Crippen molar-refractivity contribution in [3.63, 3.8) is 0 Å². The van der Waals surface area contributed by atoms with Crippen LogP contribution in [0.15, 0.2) is 58.5 Å². The number of aryl methyl sites for hydroxylation is 2. The first kappa shape index (κ1) is 17.5. The molecule has 1 aromatic heterocycles. The van der Waals surface area contributed by atoms with E-state index in [4.69, 9.17) is 4.55 Å². The number of para-hydroxylation sites is 1. The summed E-state index contributed by atoms with van der Waals surface area (Å²) in [6.45, 7) is 2.94. The summed E-state index contributed by atoms with van der Waals surface area (Å²) in [5, 5.41) is 5.40. The first-order valence-electron chi connectivity index (χ1n) is 7.68. The van der Waals surface area contributed by atoms with Crippen molar-refractivity contribution in [1.29, 1.82) is 0 Å². The summed E-state index contributed by atoms with van der Waals surface area (Å²) in [4.78, 5) is -0.141. The second-order valence-electron chi connectivity index (χ2n) is 5.45. The van der Waals surface area contributed by atoms with E-state index in [1.54, 1.807) is 29.7 Å². The first-order valence-corrected chi connectivity index (χ1v) is 9.94. The van der Waals surface area contributed by atoms with Gasteiger partial charge in [0.25, 0.3) is 10.1 Å². The van der Waals surface area contributed by atoms with Crippen molar-refractivity contribution in [2.45, 2.75) is 24.8 Å². The maximum Gasteiger partial charge on any atom is 0.294 e. The van der Waals surface area contributed by atoms with Gasteiger partial charge in [0.2, 0.25) is 10.5 Å². The highest BCUT2D eigenvalue weighted by Gasteiger charge is 2.15. The largest absolute Gasteiger partial charge is 0.294 e. The van der Waals surface area contributed by atoms with Crippen LogP contribution in [-0.4, -0.2) is 19.2 Å². The summed E-state index contributed by atoms with van der Waals surface area (Å²) in [7, 11) is -4.16. The summed E-state index contributed by atoms with van der Waals surface area (Å²) in [6, 6.07) is 14.1. The summed E-state index contributed by atoms with van der Waals surface area (Å²) < 4.78 is 34.4. The zero-order valence-corrected chi connectivity index (χ0v) is 15.2. The number of fused-ring (bicyclic) bond motifs is 1. The number of rotatable bonds is 6. The number of hydrogen-bond acceptors (Lipinski definition) is 5. The Balaban J connectivity index is 1.58. The zero-order valence-electron chi connectivity index (χ0n) is 13.6. The highest BCUT2D eigenvalue weighted by atomic mass is 32.2. The van der Waals surface area contributed by atoms with Crippen molar-refractivity contribution in [3.8, 4) is 0 Å². The topological polar surface area (TPSA) is 82.6 Å². The number of hydrazone groups is 1. The Morgan fingerprint density at radius 2 is 1.92 bits per heavy atom. The molecule has 0 amide bonds. The molecule has 0 aliphatic carbocycles. The Bertz CT molecular complexity index is 1010. The van der Waals surface area contributed by atoms with Crippen LogP contribution in [-0.2, 0) is 16.7 Å². The summed E-state index contributed by atoms with van der Waals surface area (Å²) in [6.07, 6.45) is 2.55. The van der Waals surface area contributed by atoms with E-state index in [0.29, 0.717) is 5.69 Å². The Morgan fingerprint density at radius 1 is 1.20 bits per heavy atom. The van der Waals surface area contributed by atoms with Gasteiger partial charge in [-0.2, -0.15) is 18.1 Å². The lowest BCUT2D eigenvalue weighted by Crippen LogP contribution is -2.35. The van der Waals surface area contributed by atoms with Crippen molar-refractivity contribution in [1.82, 2.24) is 0 Å². The van der Waals surface area contributed by atoms with Gasteiger partial charge in [-0.1, -0.05) is 23.5 Å². The fourth-order valence-corrected chi connectivity index (χ4v) is 4.03. The number of nitrogens with zero attached hydrogens (tertiary/aromatic N) is 2. The molecule has 2 N–H and O–H groups in total. The van der Waals surface area contributed by atoms with Crippen molar-refractivity contribution < 1.29 is 17.5 Å². The van der Waals surface area contributed by atoms with Gasteiger partial charge < -0.3 is 0 Å². The Labute approximate surface area is 150 Å². The minimum absolute atomic E-state index is 0.141. The Hall–Kier alpha value is -2.29. The van der Waals surface area contributed by atoms with Gasteiger partial charge >= 0.3 is 0 Å². The minimum Gasteiger partial charge on any atom is -0.282 e. The lowest BCUT2D eigenvalue weighted by Gasteiger charge is -2.01. The molecule has 8 heteroatoms. The number of hydrogen-bond donors (Lipinski definition) is 2. The minimum atomic E-state index is -4.16. The maximum atomic E-state index is 11.0. The lowest BCUT2D eigenvalue weighted by atomic mass is 10.3. The average Bonchev–Trinajstić information content (AvgIpc) is 2.90. The van der Waals surface area contributed by atoms with Crippen LogP contribution in [0.5, 0.6) is 0 Å². The first-order chi connectivity index (χ1) is 11.9. The summed E-state index contributed by atoms with van der Waals surface area (Å²) >= 11 is 1.78. The molecule has 0 fully saturated rings. The number of anilines is 1. The predicted molar refractivity (Wildman–Crippen MR) is 99.7 cm³/mol. The van der Waals surface area contributed by atoms with Crippen molar-refractivity contribution >= 4 is 43.6 Å². The highest BCUT2D eigenvalue weighted by Crippen LogP contribution is 2.19. The van der Waals surface area contributed by atoms with Gasteiger partial charge in [0, 0.05) is 25.6 Å². The number of thiazole rings is 1. The van der Waals surface area contributed by atoms with E-state index in [1.165, 1.54) is 27.4 Å². The molecule has 3 rings (SSSR count). The fraction of sp³-hybridized carbons (Fsp3) is 0.176. The maximum absolute atomic E-state index is 11.0. The van der Waals surface area contributed by atoms with Gasteiger partial charge in [0.05, 0.1) is 10.6 Å². The van der Waals surface area contributed by atoms with E-state index in [0.717, 1.165) is 13.0 Å². The molecule has 0 aliphatic rings.